The molecule has 7 rings (SSSR count). The molecule has 2 unspecified atom stereocenters. The number of ether oxygens (including phenoxy) is 2. The molecule has 0 N–H and O–H groups in total. The summed E-state index contributed by atoms with van der Waals surface area (Å²) in [5, 5.41) is 3.04. The van der Waals surface area contributed by atoms with Gasteiger partial charge in [-0.2, -0.15) is 4.31 Å². The highest BCUT2D eigenvalue weighted by atomic mass is 32.2. The third-order valence-corrected chi connectivity index (χ3v) is 11.1. The number of hydrogen-bond acceptors (Lipinski definition) is 8. The molecule has 9 nitrogen and oxygen atoms in total. The van der Waals surface area contributed by atoms with E-state index in [1.54, 1.807) is 48.7 Å². The van der Waals surface area contributed by atoms with E-state index in [-0.39, 0.29) is 22.6 Å². The Balaban J connectivity index is 1.09. The van der Waals surface area contributed by atoms with Crippen molar-refractivity contribution in [1.29, 1.82) is 0 Å². The van der Waals surface area contributed by atoms with Crippen LogP contribution < -0.4 is 14.5 Å². The van der Waals surface area contributed by atoms with Crippen molar-refractivity contribution in [2.45, 2.75) is 4.90 Å². The second-order valence-electron chi connectivity index (χ2n) is 10.8. The van der Waals surface area contributed by atoms with Crippen molar-refractivity contribution in [3.05, 3.63) is 78.1 Å². The van der Waals surface area contributed by atoms with Gasteiger partial charge in [0.2, 0.25) is 10.0 Å². The van der Waals surface area contributed by atoms with E-state index in [2.05, 4.69) is 4.98 Å². The molecule has 1 saturated carbocycles. The molecule has 2 aromatic carbocycles. The first-order valence-corrected chi connectivity index (χ1v) is 16.2. The monoisotopic (exact) mass is 608 g/mol. The van der Waals surface area contributed by atoms with Crippen LogP contribution in [0.15, 0.2) is 77.1 Å². The number of pyridine rings is 1. The van der Waals surface area contributed by atoms with Gasteiger partial charge in [-0.1, -0.05) is 18.2 Å². The summed E-state index contributed by atoms with van der Waals surface area (Å²) in [7, 11) is -3.74. The molecule has 3 aliphatic rings. The van der Waals surface area contributed by atoms with Gasteiger partial charge < -0.3 is 14.4 Å². The SMILES string of the molecule is O=C(Oc1cccs1)N(CC1C2CN(S(=O)(=O)c3cccc4cccnc34)CC12)c1ccc(N2CCOCC2)c(F)c1. The molecular formula is C30H29FN4O5S2. The average molecular weight is 609 g/mol. The molecule has 0 spiro atoms. The Kier molecular flexibility index (Phi) is 7.09. The minimum absolute atomic E-state index is 0.0694. The molecule has 2 aliphatic heterocycles. The van der Waals surface area contributed by atoms with E-state index in [0.29, 0.717) is 67.9 Å². The quantitative estimate of drug-likeness (QED) is 0.296. The number of benzene rings is 2. The number of sulfonamides is 1. The van der Waals surface area contributed by atoms with Crippen LogP contribution >= 0.6 is 11.3 Å². The van der Waals surface area contributed by atoms with Gasteiger partial charge in [0, 0.05) is 44.3 Å². The first-order chi connectivity index (χ1) is 20.4. The van der Waals surface area contributed by atoms with Crippen molar-refractivity contribution in [3.63, 3.8) is 0 Å². The Morgan fingerprint density at radius 2 is 1.86 bits per heavy atom. The summed E-state index contributed by atoms with van der Waals surface area (Å²) >= 11 is 1.30. The molecule has 4 aromatic rings. The maximum absolute atomic E-state index is 15.3. The predicted octanol–water partition coefficient (Wildman–Crippen LogP) is 4.84. The topological polar surface area (TPSA) is 92.3 Å². The number of halogens is 1. The van der Waals surface area contributed by atoms with Crippen LogP contribution in [-0.2, 0) is 14.8 Å². The number of morpholine rings is 1. The Morgan fingerprint density at radius 3 is 2.60 bits per heavy atom. The van der Waals surface area contributed by atoms with E-state index < -0.39 is 21.9 Å². The van der Waals surface area contributed by atoms with Crippen molar-refractivity contribution in [1.82, 2.24) is 9.29 Å². The minimum atomic E-state index is -3.74. The maximum Gasteiger partial charge on any atom is 0.420 e. The molecule has 0 bridgehead atoms. The highest BCUT2D eigenvalue weighted by Crippen LogP contribution is 2.53. The van der Waals surface area contributed by atoms with Crippen LogP contribution in [0.2, 0.25) is 0 Å². The number of amides is 1. The van der Waals surface area contributed by atoms with Gasteiger partial charge in [-0.3, -0.25) is 9.88 Å². The number of carbonyl (C=O) groups excluding carboxylic acids is 1. The van der Waals surface area contributed by atoms with Gasteiger partial charge >= 0.3 is 6.09 Å². The molecule has 1 aliphatic carbocycles. The van der Waals surface area contributed by atoms with E-state index in [1.807, 2.05) is 22.4 Å². The lowest BCUT2D eigenvalue weighted by Crippen LogP contribution is -2.39. The summed E-state index contributed by atoms with van der Waals surface area (Å²) in [4.78, 5) is 21.3. The zero-order valence-corrected chi connectivity index (χ0v) is 24.3. The van der Waals surface area contributed by atoms with Gasteiger partial charge in [-0.05, 0) is 65.6 Å². The van der Waals surface area contributed by atoms with Gasteiger partial charge in [0.1, 0.15) is 10.7 Å². The number of nitrogens with zero attached hydrogens (tertiary/aromatic N) is 4. The van der Waals surface area contributed by atoms with Crippen molar-refractivity contribution in [2.24, 2.45) is 17.8 Å². The molecule has 1 amide bonds. The molecule has 12 heteroatoms. The van der Waals surface area contributed by atoms with Crippen LogP contribution in [-0.4, -0.2) is 69.7 Å². The maximum atomic E-state index is 15.3. The summed E-state index contributed by atoms with van der Waals surface area (Å²) < 4.78 is 55.1. The zero-order valence-electron chi connectivity index (χ0n) is 22.6. The molecule has 2 atom stereocenters. The summed E-state index contributed by atoms with van der Waals surface area (Å²) in [6.45, 7) is 3.29. The van der Waals surface area contributed by atoms with Crippen LogP contribution in [0.4, 0.5) is 20.6 Å². The van der Waals surface area contributed by atoms with Crippen LogP contribution in [0.1, 0.15) is 0 Å². The Hall–Kier alpha value is -3.58. The lowest BCUT2D eigenvalue weighted by atomic mass is 10.2. The lowest BCUT2D eigenvalue weighted by molar-refractivity contribution is 0.122. The fourth-order valence-corrected chi connectivity index (χ4v) is 8.43. The Bertz CT molecular complexity index is 1710. The second kappa shape index (κ2) is 10.9. The molecular weight excluding hydrogens is 579 g/mol. The largest absolute Gasteiger partial charge is 0.420 e. The number of piperidine rings is 1. The average Bonchev–Trinajstić information content (AvgIpc) is 3.34. The zero-order chi connectivity index (χ0) is 28.8. The Labute approximate surface area is 247 Å². The molecule has 3 fully saturated rings. The molecule has 2 aromatic heterocycles. The number of rotatable bonds is 7. The number of thiophene rings is 1. The van der Waals surface area contributed by atoms with E-state index in [4.69, 9.17) is 9.47 Å². The normalized spacial score (nSPS) is 22.2. The van der Waals surface area contributed by atoms with Crippen molar-refractivity contribution >= 4 is 49.7 Å². The first kappa shape index (κ1) is 27.3. The van der Waals surface area contributed by atoms with Gasteiger partial charge in [-0.15, -0.1) is 11.3 Å². The summed E-state index contributed by atoms with van der Waals surface area (Å²) in [5.41, 5.74) is 1.34. The number of carbonyl (C=O) groups is 1. The highest BCUT2D eigenvalue weighted by Gasteiger charge is 2.58. The van der Waals surface area contributed by atoms with Crippen LogP contribution in [0.5, 0.6) is 5.06 Å². The number of anilines is 2. The molecule has 42 heavy (non-hydrogen) atoms. The number of aromatic nitrogens is 1. The van der Waals surface area contributed by atoms with Crippen molar-refractivity contribution in [2.75, 3.05) is 55.7 Å². The van der Waals surface area contributed by atoms with Gasteiger partial charge in [-0.25, -0.2) is 17.6 Å². The minimum Gasteiger partial charge on any atom is -0.399 e. The number of para-hydroxylation sites is 1. The fourth-order valence-electron chi connectivity index (χ4n) is 6.18. The standard InChI is InChI=1S/C30H29FN4O5S2/c31-25-16-21(8-9-26(25)33-11-13-39-14-12-33)35(30(36)40-28-7-3-15-41-28)19-24-22-17-34(18-23(22)24)42(37,38)27-6-1-4-20-5-2-10-32-29(20)27/h1-10,15-16,22-24H,11-14,17-19H2. The van der Waals surface area contributed by atoms with E-state index >= 15 is 4.39 Å². The van der Waals surface area contributed by atoms with Crippen LogP contribution in [0.3, 0.4) is 0 Å². The summed E-state index contributed by atoms with van der Waals surface area (Å²) in [6, 6.07) is 17.1. The lowest BCUT2D eigenvalue weighted by Gasteiger charge is -2.30. The number of fused-ring (bicyclic) bond motifs is 2. The third-order valence-electron chi connectivity index (χ3n) is 8.44. The van der Waals surface area contributed by atoms with E-state index in [1.165, 1.54) is 26.6 Å². The molecule has 218 valence electrons. The van der Waals surface area contributed by atoms with E-state index in [0.717, 1.165) is 5.39 Å². The van der Waals surface area contributed by atoms with Gasteiger partial charge in [0.15, 0.2) is 5.06 Å². The van der Waals surface area contributed by atoms with Gasteiger partial charge in [0.05, 0.1) is 30.1 Å². The van der Waals surface area contributed by atoms with Crippen LogP contribution in [0, 0.1) is 23.6 Å². The van der Waals surface area contributed by atoms with Crippen LogP contribution in [0.25, 0.3) is 10.9 Å². The highest BCUT2D eigenvalue weighted by molar-refractivity contribution is 7.89. The van der Waals surface area contributed by atoms with Crippen molar-refractivity contribution < 1.29 is 27.1 Å². The van der Waals surface area contributed by atoms with Crippen molar-refractivity contribution in [3.8, 4) is 5.06 Å². The molecule has 4 heterocycles. The summed E-state index contributed by atoms with van der Waals surface area (Å²) in [6.07, 6.45) is 1.01. The third kappa shape index (κ3) is 5.02. The van der Waals surface area contributed by atoms with E-state index in [9.17, 15) is 13.2 Å². The smallest absolute Gasteiger partial charge is 0.399 e. The number of hydrogen-bond donors (Lipinski definition) is 0. The second-order valence-corrected chi connectivity index (χ2v) is 13.6. The summed E-state index contributed by atoms with van der Waals surface area (Å²) in [5.74, 6) is -0.158. The Morgan fingerprint density at radius 1 is 1.07 bits per heavy atom. The van der Waals surface area contributed by atoms with Gasteiger partial charge in [0.25, 0.3) is 0 Å². The fraction of sp³-hybridized carbons (Fsp3) is 0.333. The molecule has 2 saturated heterocycles. The first-order valence-electron chi connectivity index (χ1n) is 13.9. The molecule has 0 radical (unpaired) electrons. The predicted molar refractivity (Wildman–Crippen MR) is 158 cm³/mol.